The van der Waals surface area contributed by atoms with Crippen molar-refractivity contribution in [3.8, 4) is 0 Å². The number of furan rings is 1. The molecule has 3 N–H and O–H groups in total. The summed E-state index contributed by atoms with van der Waals surface area (Å²) in [6.07, 6.45) is 3.16. The molecule has 0 radical (unpaired) electrons. The number of hydrogen-bond acceptors (Lipinski definition) is 7. The van der Waals surface area contributed by atoms with Crippen molar-refractivity contribution < 1.29 is 14.0 Å². The Kier molecular flexibility index (Phi) is 5.84. The van der Waals surface area contributed by atoms with Crippen LogP contribution in [0.25, 0.3) is 10.2 Å². The van der Waals surface area contributed by atoms with E-state index in [1.807, 2.05) is 24.3 Å². The fourth-order valence-electron chi connectivity index (χ4n) is 3.74. The fraction of sp³-hybridized carbons (Fsp3) is 0.261. The molecular formula is C23H24N6O3S. The monoisotopic (exact) mass is 464 g/mol. The van der Waals surface area contributed by atoms with E-state index in [-0.39, 0.29) is 11.8 Å². The Morgan fingerprint density at radius 1 is 1.12 bits per heavy atom. The van der Waals surface area contributed by atoms with Crippen molar-refractivity contribution in [2.75, 3.05) is 43.4 Å². The number of aromatic nitrogens is 2. The van der Waals surface area contributed by atoms with Gasteiger partial charge in [-0.15, -0.1) is 11.3 Å². The van der Waals surface area contributed by atoms with Gasteiger partial charge in [0.25, 0.3) is 11.8 Å². The molecule has 0 bridgehead atoms. The summed E-state index contributed by atoms with van der Waals surface area (Å²) in [6.45, 7) is 4.39. The maximum atomic E-state index is 12.8. The predicted molar refractivity (Wildman–Crippen MR) is 128 cm³/mol. The highest BCUT2D eigenvalue weighted by Gasteiger charge is 2.18. The number of H-pyrrole nitrogens is 1. The van der Waals surface area contributed by atoms with Gasteiger partial charge < -0.3 is 24.9 Å². The second-order valence-electron chi connectivity index (χ2n) is 8.03. The van der Waals surface area contributed by atoms with Crippen LogP contribution >= 0.6 is 11.3 Å². The first-order valence-corrected chi connectivity index (χ1v) is 11.5. The number of amides is 2. The van der Waals surface area contributed by atoms with E-state index in [4.69, 9.17) is 4.42 Å². The Labute approximate surface area is 194 Å². The van der Waals surface area contributed by atoms with Crippen molar-refractivity contribution in [1.29, 1.82) is 0 Å². The number of carbonyl (C=O) groups excluding carboxylic acids is 2. The summed E-state index contributed by atoms with van der Waals surface area (Å²) in [5.74, 6) is -0.0210. The van der Waals surface area contributed by atoms with Crippen LogP contribution in [0.3, 0.4) is 0 Å². The summed E-state index contributed by atoms with van der Waals surface area (Å²) in [5, 5.41) is 12.8. The number of benzene rings is 1. The zero-order valence-electron chi connectivity index (χ0n) is 18.1. The number of carbonyl (C=O) groups is 2. The molecule has 4 aromatic rings. The van der Waals surface area contributed by atoms with Gasteiger partial charge in [-0.25, -0.2) is 0 Å². The van der Waals surface area contributed by atoms with Crippen molar-refractivity contribution >= 4 is 44.9 Å². The lowest BCUT2D eigenvalue weighted by molar-refractivity contribution is 0.0954. The highest BCUT2D eigenvalue weighted by atomic mass is 32.1. The topological polar surface area (TPSA) is 106 Å². The van der Waals surface area contributed by atoms with Crippen LogP contribution in [0.5, 0.6) is 0 Å². The number of likely N-dealkylation sites (N-methyl/N-ethyl adjacent to an activating group) is 1. The quantitative estimate of drug-likeness (QED) is 0.405. The third kappa shape index (κ3) is 4.62. The zero-order valence-corrected chi connectivity index (χ0v) is 18.9. The smallest absolute Gasteiger partial charge is 0.261 e. The van der Waals surface area contributed by atoms with Crippen LogP contribution in [0.4, 0.5) is 11.5 Å². The van der Waals surface area contributed by atoms with Crippen molar-refractivity contribution in [2.24, 2.45) is 0 Å². The third-order valence-electron chi connectivity index (χ3n) is 5.72. The highest BCUT2D eigenvalue weighted by molar-refractivity contribution is 7.21. The minimum atomic E-state index is -0.243. The van der Waals surface area contributed by atoms with Crippen LogP contribution in [0.1, 0.15) is 25.6 Å². The molecule has 1 aromatic carbocycles. The van der Waals surface area contributed by atoms with Crippen molar-refractivity contribution in [3.05, 3.63) is 64.9 Å². The molecule has 4 heterocycles. The van der Waals surface area contributed by atoms with E-state index in [9.17, 15) is 9.59 Å². The van der Waals surface area contributed by atoms with Crippen molar-refractivity contribution in [1.82, 2.24) is 20.4 Å². The molecule has 9 nitrogen and oxygen atoms in total. The average molecular weight is 465 g/mol. The number of thiophene rings is 1. The number of piperazine rings is 1. The van der Waals surface area contributed by atoms with Gasteiger partial charge in [-0.05, 0) is 43.4 Å². The second kappa shape index (κ2) is 9.08. The van der Waals surface area contributed by atoms with E-state index in [1.165, 1.54) is 11.3 Å². The van der Waals surface area contributed by atoms with Crippen LogP contribution in [0.2, 0.25) is 0 Å². The molecule has 10 heteroatoms. The first-order chi connectivity index (χ1) is 16.1. The van der Waals surface area contributed by atoms with E-state index >= 15 is 0 Å². The summed E-state index contributed by atoms with van der Waals surface area (Å²) < 4.78 is 5.74. The number of anilines is 2. The maximum absolute atomic E-state index is 12.8. The molecule has 33 heavy (non-hydrogen) atoms. The molecule has 0 saturated carbocycles. The van der Waals surface area contributed by atoms with Crippen LogP contribution in [0.15, 0.2) is 53.3 Å². The average Bonchev–Trinajstić information content (AvgIpc) is 3.57. The van der Waals surface area contributed by atoms with Gasteiger partial charge in [0.1, 0.15) is 0 Å². The maximum Gasteiger partial charge on any atom is 0.261 e. The Hall–Kier alpha value is -3.63. The van der Waals surface area contributed by atoms with Gasteiger partial charge in [0, 0.05) is 49.5 Å². The van der Waals surface area contributed by atoms with Crippen LogP contribution < -0.4 is 15.5 Å². The summed E-state index contributed by atoms with van der Waals surface area (Å²) >= 11 is 1.28. The summed E-state index contributed by atoms with van der Waals surface area (Å²) in [7, 11) is 2.13. The van der Waals surface area contributed by atoms with E-state index in [0.29, 0.717) is 28.3 Å². The summed E-state index contributed by atoms with van der Waals surface area (Å²) in [6, 6.07) is 11.2. The van der Waals surface area contributed by atoms with Gasteiger partial charge in [0.15, 0.2) is 5.82 Å². The molecule has 0 atom stereocenters. The highest BCUT2D eigenvalue weighted by Crippen LogP contribution is 2.30. The van der Waals surface area contributed by atoms with Crippen molar-refractivity contribution in [2.45, 2.75) is 6.54 Å². The normalized spacial score (nSPS) is 14.5. The molecular weight excluding hydrogens is 440 g/mol. The molecule has 5 rings (SSSR count). The molecule has 2 amide bonds. The van der Waals surface area contributed by atoms with Gasteiger partial charge in [-0.2, -0.15) is 5.10 Å². The lowest BCUT2D eigenvalue weighted by Gasteiger charge is -2.34. The number of aromatic amines is 1. The molecule has 1 fully saturated rings. The molecule has 1 saturated heterocycles. The van der Waals surface area contributed by atoms with E-state index in [2.05, 4.69) is 37.7 Å². The molecule has 1 aliphatic heterocycles. The SMILES string of the molecule is CN1CCN(c2ccc(C(=O)Nc3n[nH]c4cc(C(=O)NCc5ccoc5)sc34)cc2)CC1. The van der Waals surface area contributed by atoms with Gasteiger partial charge in [-0.3, -0.25) is 14.7 Å². The van der Waals surface area contributed by atoms with Gasteiger partial charge in [0.05, 0.1) is 27.6 Å². The molecule has 0 unspecified atom stereocenters. The Balaban J connectivity index is 1.24. The number of nitrogens with one attached hydrogen (secondary N) is 3. The molecule has 170 valence electrons. The number of hydrogen-bond donors (Lipinski definition) is 3. The number of fused-ring (bicyclic) bond motifs is 1. The van der Waals surface area contributed by atoms with Crippen LogP contribution in [-0.2, 0) is 6.54 Å². The second-order valence-corrected chi connectivity index (χ2v) is 9.08. The molecule has 1 aliphatic rings. The standard InChI is InChI=1S/C23H24N6O3S/c1-28-7-9-29(10-8-28)17-4-2-16(3-5-17)22(30)25-21-20-18(26-27-21)12-19(33-20)23(31)24-13-15-6-11-32-14-15/h2-6,11-12,14H,7-10,13H2,1H3,(H,24,31)(H2,25,26,27,30). The van der Waals surface area contributed by atoms with E-state index < -0.39 is 0 Å². The predicted octanol–water partition coefficient (Wildman–Crippen LogP) is 3.15. The van der Waals surface area contributed by atoms with E-state index in [0.717, 1.165) is 42.1 Å². The van der Waals surface area contributed by atoms with Gasteiger partial charge >= 0.3 is 0 Å². The molecule has 3 aromatic heterocycles. The first-order valence-electron chi connectivity index (χ1n) is 10.7. The Morgan fingerprint density at radius 3 is 2.64 bits per heavy atom. The van der Waals surface area contributed by atoms with Gasteiger partial charge in [-0.1, -0.05) is 0 Å². The van der Waals surface area contributed by atoms with Gasteiger partial charge in [0.2, 0.25) is 0 Å². The largest absolute Gasteiger partial charge is 0.472 e. The van der Waals surface area contributed by atoms with Crippen LogP contribution in [-0.4, -0.2) is 60.1 Å². The minimum Gasteiger partial charge on any atom is -0.472 e. The fourth-order valence-corrected chi connectivity index (χ4v) is 4.71. The first kappa shape index (κ1) is 21.2. The van der Waals surface area contributed by atoms with Crippen molar-refractivity contribution in [3.63, 3.8) is 0 Å². The number of rotatable bonds is 6. The summed E-state index contributed by atoms with van der Waals surface area (Å²) in [5.41, 5.74) is 3.26. The third-order valence-corrected chi connectivity index (χ3v) is 6.86. The minimum absolute atomic E-state index is 0.192. The number of nitrogens with zero attached hydrogens (tertiary/aromatic N) is 3. The van der Waals surface area contributed by atoms with E-state index in [1.54, 1.807) is 24.7 Å². The zero-order chi connectivity index (χ0) is 22.8. The summed E-state index contributed by atoms with van der Waals surface area (Å²) in [4.78, 5) is 30.4. The molecule has 0 spiro atoms. The lowest BCUT2D eigenvalue weighted by atomic mass is 10.1. The Morgan fingerprint density at radius 2 is 1.91 bits per heavy atom. The lowest BCUT2D eigenvalue weighted by Crippen LogP contribution is -2.44. The van der Waals surface area contributed by atoms with Crippen LogP contribution in [0, 0.1) is 0 Å². The Bertz CT molecular complexity index is 1250. The molecule has 0 aliphatic carbocycles.